The Hall–Kier alpha value is -3.39. The summed E-state index contributed by atoms with van der Waals surface area (Å²) in [6.45, 7) is 4.33. The number of methoxy groups -OCH3 is 2. The zero-order chi connectivity index (χ0) is 23.1. The van der Waals surface area contributed by atoms with E-state index in [-0.39, 0.29) is 24.3 Å². The van der Waals surface area contributed by atoms with Crippen LogP contribution in [0, 0.1) is 5.92 Å². The highest BCUT2D eigenvalue weighted by Gasteiger charge is 2.23. The second-order valence-corrected chi connectivity index (χ2v) is 8.46. The fourth-order valence-corrected chi connectivity index (χ4v) is 3.95. The van der Waals surface area contributed by atoms with Crippen LogP contribution >= 0.6 is 11.3 Å². The van der Waals surface area contributed by atoms with E-state index in [4.69, 9.17) is 9.47 Å². The molecule has 0 unspecified atom stereocenters. The second kappa shape index (κ2) is 10.8. The van der Waals surface area contributed by atoms with Crippen molar-refractivity contribution in [1.82, 2.24) is 9.88 Å². The van der Waals surface area contributed by atoms with Gasteiger partial charge in [-0.15, -0.1) is 11.3 Å². The van der Waals surface area contributed by atoms with Crippen molar-refractivity contribution in [2.75, 3.05) is 32.6 Å². The number of hydrogen-bond acceptors (Lipinski definition) is 6. The maximum atomic E-state index is 13.2. The van der Waals surface area contributed by atoms with Crippen LogP contribution in [0.25, 0.3) is 11.3 Å². The zero-order valence-electron chi connectivity index (χ0n) is 18.6. The molecule has 32 heavy (non-hydrogen) atoms. The van der Waals surface area contributed by atoms with Crippen LogP contribution in [0.5, 0.6) is 11.5 Å². The molecule has 0 aliphatic carbocycles. The Morgan fingerprint density at radius 3 is 2.50 bits per heavy atom. The molecule has 3 aromatic rings. The normalized spacial score (nSPS) is 10.7. The summed E-state index contributed by atoms with van der Waals surface area (Å²) in [5.74, 6) is 0.582. The minimum atomic E-state index is -0.305. The molecule has 0 atom stereocenters. The van der Waals surface area contributed by atoms with Gasteiger partial charge in [0.15, 0.2) is 5.13 Å². The molecule has 7 nitrogen and oxygen atoms in total. The van der Waals surface area contributed by atoms with Crippen LogP contribution in [0.4, 0.5) is 5.13 Å². The molecule has 1 heterocycles. The minimum Gasteiger partial charge on any atom is -0.497 e. The molecule has 0 saturated carbocycles. The van der Waals surface area contributed by atoms with Gasteiger partial charge in [0.2, 0.25) is 5.91 Å². The van der Waals surface area contributed by atoms with E-state index < -0.39 is 0 Å². The lowest BCUT2D eigenvalue weighted by molar-refractivity contribution is -0.117. The predicted molar refractivity (Wildman–Crippen MR) is 126 cm³/mol. The van der Waals surface area contributed by atoms with E-state index in [0.29, 0.717) is 28.7 Å². The van der Waals surface area contributed by atoms with Crippen LogP contribution in [0.3, 0.4) is 0 Å². The quantitative estimate of drug-likeness (QED) is 0.514. The van der Waals surface area contributed by atoms with Gasteiger partial charge < -0.3 is 19.7 Å². The Bertz CT molecular complexity index is 1070. The van der Waals surface area contributed by atoms with E-state index in [1.54, 1.807) is 25.3 Å². The fraction of sp³-hybridized carbons (Fsp3) is 0.292. The molecular formula is C24H27N3O4S. The number of ether oxygens (including phenoxy) is 2. The Kier molecular flexibility index (Phi) is 7.83. The van der Waals surface area contributed by atoms with Crippen LogP contribution in [-0.4, -0.2) is 49.0 Å². The monoisotopic (exact) mass is 453 g/mol. The number of nitrogens with zero attached hydrogens (tertiary/aromatic N) is 2. The third-order valence-corrected chi connectivity index (χ3v) is 5.42. The molecule has 1 aromatic heterocycles. The van der Waals surface area contributed by atoms with Crippen molar-refractivity contribution in [3.05, 3.63) is 59.5 Å². The largest absolute Gasteiger partial charge is 0.497 e. The van der Waals surface area contributed by atoms with Crippen LogP contribution < -0.4 is 14.8 Å². The summed E-state index contributed by atoms with van der Waals surface area (Å²) in [7, 11) is 3.05. The molecule has 8 heteroatoms. The Morgan fingerprint density at radius 1 is 1.09 bits per heavy atom. The van der Waals surface area contributed by atoms with Gasteiger partial charge in [0, 0.05) is 23.6 Å². The standard InChI is InChI=1S/C24H27N3O4S/c1-16(2)13-27(23(29)19-11-10-18(30-3)12-21(19)31-4)14-22(28)26-24-25-20(15-32-24)17-8-6-5-7-9-17/h5-12,15-16H,13-14H2,1-4H3,(H,25,26,28). The van der Waals surface area contributed by atoms with Gasteiger partial charge in [-0.3, -0.25) is 9.59 Å². The molecule has 1 N–H and O–H groups in total. The summed E-state index contributed by atoms with van der Waals surface area (Å²) in [4.78, 5) is 32.0. The number of nitrogens with one attached hydrogen (secondary N) is 1. The summed E-state index contributed by atoms with van der Waals surface area (Å²) in [6, 6.07) is 14.8. The van der Waals surface area contributed by atoms with Gasteiger partial charge in [0.05, 0.1) is 25.5 Å². The van der Waals surface area contributed by atoms with Crippen LogP contribution in [0.15, 0.2) is 53.9 Å². The van der Waals surface area contributed by atoms with Crippen LogP contribution in [0.2, 0.25) is 0 Å². The summed E-state index contributed by atoms with van der Waals surface area (Å²) >= 11 is 1.35. The molecule has 0 saturated heterocycles. The zero-order valence-corrected chi connectivity index (χ0v) is 19.4. The van der Waals surface area contributed by atoms with Crippen molar-refractivity contribution in [2.24, 2.45) is 5.92 Å². The molecule has 168 valence electrons. The molecular weight excluding hydrogens is 426 g/mol. The molecule has 0 bridgehead atoms. The molecule has 0 aliphatic rings. The van der Waals surface area contributed by atoms with E-state index >= 15 is 0 Å². The average molecular weight is 454 g/mol. The first-order valence-corrected chi connectivity index (χ1v) is 11.1. The lowest BCUT2D eigenvalue weighted by Crippen LogP contribution is -2.40. The SMILES string of the molecule is COc1ccc(C(=O)N(CC(=O)Nc2nc(-c3ccccc3)cs2)CC(C)C)c(OC)c1. The number of hydrogen-bond donors (Lipinski definition) is 1. The number of anilines is 1. The Morgan fingerprint density at radius 2 is 1.84 bits per heavy atom. The average Bonchev–Trinajstić information content (AvgIpc) is 3.26. The van der Waals surface area contributed by atoms with Crippen molar-refractivity contribution in [1.29, 1.82) is 0 Å². The summed E-state index contributed by atoms with van der Waals surface area (Å²) in [5, 5.41) is 5.20. The first kappa shape index (κ1) is 23.3. The molecule has 0 aliphatic heterocycles. The number of rotatable bonds is 9. The number of thiazole rings is 1. The van der Waals surface area contributed by atoms with Gasteiger partial charge >= 0.3 is 0 Å². The highest BCUT2D eigenvalue weighted by molar-refractivity contribution is 7.14. The number of amides is 2. The van der Waals surface area contributed by atoms with Crippen LogP contribution in [-0.2, 0) is 4.79 Å². The molecule has 0 radical (unpaired) electrons. The summed E-state index contributed by atoms with van der Waals surface area (Å²) < 4.78 is 10.6. The molecule has 0 spiro atoms. The van der Waals surface area contributed by atoms with Crippen molar-refractivity contribution in [3.63, 3.8) is 0 Å². The Balaban J connectivity index is 1.74. The molecule has 3 rings (SSSR count). The minimum absolute atomic E-state index is 0.0908. The number of aromatic nitrogens is 1. The summed E-state index contributed by atoms with van der Waals surface area (Å²) in [6.07, 6.45) is 0. The van der Waals surface area contributed by atoms with E-state index in [1.807, 2.05) is 49.6 Å². The third-order valence-electron chi connectivity index (χ3n) is 4.67. The maximum Gasteiger partial charge on any atom is 0.258 e. The van der Waals surface area contributed by atoms with Gasteiger partial charge in [0.1, 0.15) is 18.0 Å². The first-order chi connectivity index (χ1) is 15.4. The fourth-order valence-electron chi connectivity index (χ4n) is 3.21. The number of carbonyl (C=O) groups is 2. The lowest BCUT2D eigenvalue weighted by Gasteiger charge is -2.25. The van der Waals surface area contributed by atoms with Crippen LogP contribution in [0.1, 0.15) is 24.2 Å². The predicted octanol–water partition coefficient (Wildman–Crippen LogP) is 4.56. The van der Waals surface area contributed by atoms with Gasteiger partial charge in [-0.25, -0.2) is 4.98 Å². The van der Waals surface area contributed by atoms with E-state index in [9.17, 15) is 9.59 Å². The van der Waals surface area contributed by atoms with Gasteiger partial charge in [-0.2, -0.15) is 0 Å². The number of carbonyl (C=O) groups excluding carboxylic acids is 2. The van der Waals surface area contributed by atoms with E-state index in [2.05, 4.69) is 10.3 Å². The topological polar surface area (TPSA) is 80.8 Å². The second-order valence-electron chi connectivity index (χ2n) is 7.60. The number of benzene rings is 2. The smallest absolute Gasteiger partial charge is 0.258 e. The van der Waals surface area contributed by atoms with E-state index in [0.717, 1.165) is 11.3 Å². The first-order valence-electron chi connectivity index (χ1n) is 10.2. The van der Waals surface area contributed by atoms with Crippen molar-refractivity contribution in [3.8, 4) is 22.8 Å². The van der Waals surface area contributed by atoms with Crippen molar-refractivity contribution >= 4 is 28.3 Å². The van der Waals surface area contributed by atoms with Crippen molar-refractivity contribution < 1.29 is 19.1 Å². The molecule has 0 fully saturated rings. The highest BCUT2D eigenvalue weighted by atomic mass is 32.1. The molecule has 2 amide bonds. The maximum absolute atomic E-state index is 13.2. The summed E-state index contributed by atoms with van der Waals surface area (Å²) in [5.41, 5.74) is 2.15. The van der Waals surface area contributed by atoms with Gasteiger partial charge in [-0.05, 0) is 18.1 Å². The lowest BCUT2D eigenvalue weighted by atomic mass is 10.1. The van der Waals surface area contributed by atoms with Crippen molar-refractivity contribution in [2.45, 2.75) is 13.8 Å². The van der Waals surface area contributed by atoms with E-state index in [1.165, 1.54) is 23.3 Å². The Labute approximate surface area is 192 Å². The van der Waals surface area contributed by atoms with Gasteiger partial charge in [0.25, 0.3) is 5.91 Å². The third kappa shape index (κ3) is 5.85. The van der Waals surface area contributed by atoms with Gasteiger partial charge in [-0.1, -0.05) is 44.2 Å². The highest BCUT2D eigenvalue weighted by Crippen LogP contribution is 2.27. The molecule has 2 aromatic carbocycles.